The van der Waals surface area contributed by atoms with Gasteiger partial charge in [-0.2, -0.15) is 0 Å². The third-order valence-electron chi connectivity index (χ3n) is 4.30. The van der Waals surface area contributed by atoms with Gasteiger partial charge in [-0.05, 0) is 68.1 Å². The van der Waals surface area contributed by atoms with E-state index in [1.807, 2.05) is 0 Å². The monoisotopic (exact) mass is 288 g/mol. The first kappa shape index (κ1) is 16.9. The molecular weight excluding hydrogens is 254 g/mol. The summed E-state index contributed by atoms with van der Waals surface area (Å²) in [6.07, 6.45) is 14.9. The van der Waals surface area contributed by atoms with Crippen LogP contribution in [0.25, 0.3) is 0 Å². The van der Waals surface area contributed by atoms with Crippen LogP contribution in [0.3, 0.4) is 0 Å². The fourth-order valence-corrected chi connectivity index (χ4v) is 6.55. The zero-order chi connectivity index (χ0) is 13.2. The second-order valence-corrected chi connectivity index (χ2v) is 9.03. The van der Waals surface area contributed by atoms with E-state index in [1.54, 1.807) is 25.2 Å². The van der Waals surface area contributed by atoms with Crippen molar-refractivity contribution in [2.45, 2.75) is 59.3 Å². The summed E-state index contributed by atoms with van der Waals surface area (Å²) >= 11 is 0. The van der Waals surface area contributed by atoms with Crippen molar-refractivity contribution in [3.63, 3.8) is 0 Å². The highest BCUT2D eigenvalue weighted by molar-refractivity contribution is 7.38. The minimum Gasteiger partial charge on any atom is -0.122 e. The maximum atomic E-state index is 2.48. The van der Waals surface area contributed by atoms with Crippen LogP contribution in [0.4, 0.5) is 0 Å². The summed E-state index contributed by atoms with van der Waals surface area (Å²) in [5, 5.41) is 0. The normalized spacial score (nSPS) is 29.2. The van der Waals surface area contributed by atoms with Crippen molar-refractivity contribution >= 4 is 17.2 Å². The van der Waals surface area contributed by atoms with Crippen molar-refractivity contribution in [3.8, 4) is 0 Å². The Bertz CT molecular complexity index is 174. The van der Waals surface area contributed by atoms with E-state index in [0.29, 0.717) is 0 Å². The third kappa shape index (κ3) is 6.86. The molecule has 0 aliphatic heterocycles. The molecule has 0 aromatic rings. The van der Waals surface area contributed by atoms with Gasteiger partial charge in [-0.15, -0.1) is 17.2 Å². The lowest BCUT2D eigenvalue weighted by Crippen LogP contribution is -2.12. The van der Waals surface area contributed by atoms with Crippen LogP contribution in [-0.4, -0.2) is 24.6 Å². The van der Waals surface area contributed by atoms with Gasteiger partial charge < -0.3 is 0 Å². The van der Waals surface area contributed by atoms with E-state index in [0.717, 1.165) is 17.8 Å². The molecule has 0 N–H and O–H groups in total. The molecule has 5 atom stereocenters. The van der Waals surface area contributed by atoms with E-state index in [2.05, 4.69) is 20.8 Å². The molecule has 1 rings (SSSR count). The van der Waals surface area contributed by atoms with Gasteiger partial charge in [-0.3, -0.25) is 0 Å². The fourth-order valence-electron chi connectivity index (χ4n) is 3.19. The van der Waals surface area contributed by atoms with E-state index in [4.69, 9.17) is 0 Å². The van der Waals surface area contributed by atoms with Crippen LogP contribution in [-0.2, 0) is 0 Å². The van der Waals surface area contributed by atoms with Crippen molar-refractivity contribution in [2.24, 2.45) is 17.8 Å². The Labute approximate surface area is 119 Å². The largest absolute Gasteiger partial charge is 0.122 e. The molecule has 0 aromatic heterocycles. The van der Waals surface area contributed by atoms with Gasteiger partial charge in [-0.25, -0.2) is 0 Å². The van der Waals surface area contributed by atoms with Crippen molar-refractivity contribution < 1.29 is 0 Å². The van der Waals surface area contributed by atoms with Crippen molar-refractivity contribution in [2.75, 3.05) is 24.6 Å². The van der Waals surface area contributed by atoms with E-state index >= 15 is 0 Å². The minimum absolute atomic E-state index is 1.02. The molecule has 4 unspecified atom stereocenters. The van der Waals surface area contributed by atoms with Crippen LogP contribution in [0.15, 0.2) is 0 Å². The zero-order valence-electron chi connectivity index (χ0n) is 12.8. The number of hydrogen-bond acceptors (Lipinski definition) is 0. The van der Waals surface area contributed by atoms with Crippen LogP contribution in [0.2, 0.25) is 0 Å². The molecule has 0 amide bonds. The SMILES string of the molecule is CCCCPCC1CC(C)C[C@@H]1CPCCCC. The Kier molecular flexibility index (Phi) is 9.98. The highest BCUT2D eigenvalue weighted by Gasteiger charge is 2.30. The molecule has 0 heterocycles. The van der Waals surface area contributed by atoms with Crippen LogP contribution in [0.5, 0.6) is 0 Å². The molecule has 0 saturated heterocycles. The Balaban J connectivity index is 2.17. The van der Waals surface area contributed by atoms with Gasteiger partial charge in [0.2, 0.25) is 0 Å². The van der Waals surface area contributed by atoms with Gasteiger partial charge >= 0.3 is 0 Å². The predicted octanol–water partition coefficient (Wildman–Crippen LogP) is 5.61. The lowest BCUT2D eigenvalue weighted by molar-refractivity contribution is 0.469. The molecule has 0 aromatic carbocycles. The van der Waals surface area contributed by atoms with Crippen LogP contribution < -0.4 is 0 Å². The van der Waals surface area contributed by atoms with E-state index in [9.17, 15) is 0 Å². The zero-order valence-corrected chi connectivity index (χ0v) is 14.8. The number of rotatable bonds is 10. The molecule has 0 nitrogen and oxygen atoms in total. The summed E-state index contributed by atoms with van der Waals surface area (Å²) in [5.74, 6) is 3.22. The van der Waals surface area contributed by atoms with Crippen LogP contribution >= 0.6 is 17.2 Å². The number of hydrogen-bond donors (Lipinski definition) is 0. The maximum Gasteiger partial charge on any atom is -0.0322 e. The van der Waals surface area contributed by atoms with Gasteiger partial charge in [0.1, 0.15) is 0 Å². The van der Waals surface area contributed by atoms with Crippen molar-refractivity contribution in [1.82, 2.24) is 0 Å². The third-order valence-corrected chi connectivity index (χ3v) is 7.34. The molecule has 18 heavy (non-hydrogen) atoms. The van der Waals surface area contributed by atoms with Gasteiger partial charge in [-0.1, -0.05) is 33.6 Å². The quantitative estimate of drug-likeness (QED) is 0.362. The lowest BCUT2D eigenvalue weighted by atomic mass is 10.0. The minimum atomic E-state index is 1.02. The molecule has 0 spiro atoms. The Morgan fingerprint density at radius 2 is 1.28 bits per heavy atom. The second kappa shape index (κ2) is 10.6. The smallest absolute Gasteiger partial charge is 0.0322 e. The highest BCUT2D eigenvalue weighted by atomic mass is 31.1. The van der Waals surface area contributed by atoms with Crippen LogP contribution in [0, 0.1) is 17.8 Å². The van der Waals surface area contributed by atoms with Gasteiger partial charge in [0, 0.05) is 0 Å². The molecule has 0 bridgehead atoms. The summed E-state index contributed by atoms with van der Waals surface area (Å²) in [5.41, 5.74) is 0. The topological polar surface area (TPSA) is 0 Å². The Morgan fingerprint density at radius 1 is 0.833 bits per heavy atom. The first-order valence-corrected chi connectivity index (χ1v) is 11.0. The molecule has 1 aliphatic carbocycles. The average Bonchev–Trinajstić information content (AvgIpc) is 2.71. The highest BCUT2D eigenvalue weighted by Crippen LogP contribution is 2.42. The first-order chi connectivity index (χ1) is 8.77. The summed E-state index contributed by atoms with van der Waals surface area (Å²) in [4.78, 5) is 0. The van der Waals surface area contributed by atoms with E-state index in [1.165, 1.54) is 55.2 Å². The molecule has 1 aliphatic rings. The molecule has 108 valence electrons. The van der Waals surface area contributed by atoms with E-state index < -0.39 is 0 Å². The molecule has 0 radical (unpaired) electrons. The standard InChI is InChI=1S/C16H34P2/c1-4-6-8-17-12-15-10-14(3)11-16(15)13-18-9-7-5-2/h14-18H,4-13H2,1-3H3/t14?,15-,16?/m1/s1. The molecule has 1 saturated carbocycles. The van der Waals surface area contributed by atoms with Gasteiger partial charge in [0.15, 0.2) is 0 Å². The fraction of sp³-hybridized carbons (Fsp3) is 1.00. The van der Waals surface area contributed by atoms with Gasteiger partial charge in [0.05, 0.1) is 0 Å². The maximum absolute atomic E-state index is 2.48. The van der Waals surface area contributed by atoms with Crippen molar-refractivity contribution in [3.05, 3.63) is 0 Å². The molecule has 1 fully saturated rings. The molecular formula is C16H34P2. The lowest BCUT2D eigenvalue weighted by Gasteiger charge is -2.19. The summed E-state index contributed by atoms with van der Waals surface area (Å²) in [7, 11) is 2.51. The predicted molar refractivity (Wildman–Crippen MR) is 91.3 cm³/mol. The van der Waals surface area contributed by atoms with Gasteiger partial charge in [0.25, 0.3) is 0 Å². The van der Waals surface area contributed by atoms with Crippen LogP contribution in [0.1, 0.15) is 59.3 Å². The first-order valence-electron chi connectivity index (χ1n) is 8.19. The average molecular weight is 288 g/mol. The van der Waals surface area contributed by atoms with E-state index in [-0.39, 0.29) is 0 Å². The Morgan fingerprint density at radius 3 is 1.67 bits per heavy atom. The number of unbranched alkanes of at least 4 members (excludes halogenated alkanes) is 2. The summed E-state index contributed by atoms with van der Waals surface area (Å²) in [6, 6.07) is 0. The summed E-state index contributed by atoms with van der Waals surface area (Å²) < 4.78 is 0. The molecule has 2 heteroatoms. The summed E-state index contributed by atoms with van der Waals surface area (Å²) in [6.45, 7) is 7.12. The van der Waals surface area contributed by atoms with Crippen molar-refractivity contribution in [1.29, 1.82) is 0 Å². The Hall–Kier alpha value is 0.860. The second-order valence-electron chi connectivity index (χ2n) is 6.21.